The van der Waals surface area contributed by atoms with Crippen molar-refractivity contribution in [3.63, 3.8) is 0 Å². The molecule has 4 heterocycles. The number of aliphatic hydroxyl groups is 1. The molecule has 0 fully saturated rings. The van der Waals surface area contributed by atoms with Crippen molar-refractivity contribution >= 4 is 5.78 Å². The number of ketones is 1. The van der Waals surface area contributed by atoms with Gasteiger partial charge < -0.3 is 5.11 Å². The lowest BCUT2D eigenvalue weighted by atomic mass is 9.94. The van der Waals surface area contributed by atoms with Gasteiger partial charge in [-0.05, 0) is 108 Å². The molecule has 6 aromatic rings. The van der Waals surface area contributed by atoms with E-state index in [2.05, 4.69) is 19.9 Å². The van der Waals surface area contributed by atoms with Crippen molar-refractivity contribution in [3.8, 4) is 12.1 Å². The fourth-order valence-corrected chi connectivity index (χ4v) is 6.89. The molecule has 0 aliphatic rings. The lowest BCUT2D eigenvalue weighted by Crippen LogP contribution is -2.38. The number of aromatic nitrogens is 6. The number of nitrogens with one attached hydrogen (secondary N) is 2. The van der Waals surface area contributed by atoms with Crippen LogP contribution in [0.5, 0.6) is 0 Å². The van der Waals surface area contributed by atoms with Crippen LogP contribution in [0, 0.1) is 48.4 Å². The van der Waals surface area contributed by atoms with Gasteiger partial charge in [-0.3, -0.25) is 33.5 Å². The van der Waals surface area contributed by atoms with Crippen LogP contribution in [0.4, 0.5) is 8.78 Å². The highest BCUT2D eigenvalue weighted by Gasteiger charge is 2.27. The number of carbonyl (C=O) groups excluding carboxylic acids is 1. The van der Waals surface area contributed by atoms with Gasteiger partial charge in [-0.1, -0.05) is 41.2 Å². The summed E-state index contributed by atoms with van der Waals surface area (Å²) < 4.78 is 29.5. The summed E-state index contributed by atoms with van der Waals surface area (Å²) in [5, 5.41) is 29.7. The van der Waals surface area contributed by atoms with Gasteiger partial charge in [-0.2, -0.15) is 19.3 Å². The molecule has 0 radical (unpaired) electrons. The Bertz CT molecular complexity index is 2950. The Kier molecular flexibility index (Phi) is 14.8. The van der Waals surface area contributed by atoms with Gasteiger partial charge in [0.25, 0.3) is 11.1 Å². The van der Waals surface area contributed by atoms with Crippen LogP contribution in [-0.4, -0.2) is 40.0 Å². The number of aliphatic hydroxyl groups excluding tert-OH is 1. The Morgan fingerprint density at radius 3 is 1.70 bits per heavy atom. The highest BCUT2D eigenvalue weighted by Crippen LogP contribution is 2.29. The molecule has 0 saturated carbocycles. The highest BCUT2D eigenvalue weighted by molar-refractivity contribution is 6.09. The zero-order valence-corrected chi connectivity index (χ0v) is 33.5. The zero-order valence-electron chi connectivity index (χ0n) is 33.5. The average Bonchev–Trinajstić information content (AvgIpc) is 3.18. The normalized spacial score (nSPS) is 11.2. The van der Waals surface area contributed by atoms with Crippen LogP contribution in [-0.2, 0) is 13.1 Å². The van der Waals surface area contributed by atoms with Crippen LogP contribution >= 0.6 is 0 Å². The third kappa shape index (κ3) is 10.6. The van der Waals surface area contributed by atoms with E-state index in [1.54, 1.807) is 71.9 Å². The second kappa shape index (κ2) is 19.5. The van der Waals surface area contributed by atoms with Gasteiger partial charge in [0.2, 0.25) is 17.7 Å². The van der Waals surface area contributed by atoms with Gasteiger partial charge in [0.1, 0.15) is 11.8 Å². The number of hydrogen-bond donors (Lipinski definition) is 3. The first kappa shape index (κ1) is 46.3. The van der Waals surface area contributed by atoms with Crippen LogP contribution in [0.25, 0.3) is 0 Å². The Morgan fingerprint density at radius 1 is 0.721 bits per heavy atom. The number of rotatable bonds is 10. The SMILES string of the molecule is C.Cc1cc(C#N)cc(C(=O)c2c(C(C)C)c(=O)[nH]c(=O)n2Cc2ccnc(F)c2)c1.Cc1cc(C#N)cc(C(O)c2c(C(C)C)c(=O)[nH]c(=O)n2Cc2ccnc(F)c2)c1. The highest BCUT2D eigenvalue weighted by atomic mass is 19.1. The first-order valence-corrected chi connectivity index (χ1v) is 18.6. The number of nitriles is 2. The van der Waals surface area contributed by atoms with Gasteiger partial charge in [0, 0.05) is 29.1 Å². The summed E-state index contributed by atoms with van der Waals surface area (Å²) in [7, 11) is 0. The number of aryl methyl sites for hydroxylation is 2. The molecule has 0 amide bonds. The molecule has 61 heavy (non-hydrogen) atoms. The quantitative estimate of drug-likeness (QED) is 0.111. The van der Waals surface area contributed by atoms with Crippen LogP contribution in [0.2, 0.25) is 0 Å². The van der Waals surface area contributed by atoms with E-state index in [4.69, 9.17) is 0 Å². The number of benzene rings is 2. The minimum atomic E-state index is -1.34. The largest absolute Gasteiger partial charge is 0.382 e. The van der Waals surface area contributed by atoms with Gasteiger partial charge >= 0.3 is 11.4 Å². The number of H-pyrrole nitrogens is 2. The molecule has 0 aliphatic heterocycles. The van der Waals surface area contributed by atoms with Crippen LogP contribution in [0.3, 0.4) is 0 Å². The number of carbonyl (C=O) groups is 1. The van der Waals surface area contributed by atoms with E-state index in [9.17, 15) is 48.4 Å². The lowest BCUT2D eigenvalue weighted by Gasteiger charge is -2.23. The van der Waals surface area contributed by atoms with Crippen molar-refractivity contribution < 1.29 is 18.7 Å². The van der Waals surface area contributed by atoms with Gasteiger partial charge in [0.15, 0.2) is 0 Å². The third-order valence-electron chi connectivity index (χ3n) is 9.42. The summed E-state index contributed by atoms with van der Waals surface area (Å²) >= 11 is 0. The molecular formula is C45H44F2N8O6. The molecule has 6 rings (SSSR count). The standard InChI is InChI=1S/C22H21FN4O3.C22H19FN4O3.CH4/c2*1-12(2)18-19(20(28)16-7-13(3)6-15(8-16)10-24)27(22(30)26-21(18)29)11-14-4-5-25-17(23)9-14;/h4-9,12,20,28H,11H2,1-3H3,(H,26,29,30);4-9,12H,11H2,1-3H3,(H,26,29,30);1H4. The molecule has 1 unspecified atom stereocenters. The summed E-state index contributed by atoms with van der Waals surface area (Å²) in [6.45, 7) is 10.3. The fraction of sp³-hybridized carbons (Fsp3) is 0.267. The summed E-state index contributed by atoms with van der Waals surface area (Å²) in [4.78, 5) is 75.4. The fourth-order valence-electron chi connectivity index (χ4n) is 6.89. The van der Waals surface area contributed by atoms with Crippen molar-refractivity contribution in [2.75, 3.05) is 0 Å². The second-order valence-corrected chi connectivity index (χ2v) is 14.7. The predicted molar refractivity (Wildman–Crippen MR) is 223 cm³/mol. The molecule has 0 spiro atoms. The zero-order chi connectivity index (χ0) is 44.0. The Balaban J connectivity index is 0.000000264. The van der Waals surface area contributed by atoms with Gasteiger partial charge in [-0.15, -0.1) is 0 Å². The topological polar surface area (TPSA) is 220 Å². The van der Waals surface area contributed by atoms with Gasteiger partial charge in [-0.25, -0.2) is 19.6 Å². The van der Waals surface area contributed by atoms with Crippen molar-refractivity contribution in [2.45, 2.75) is 80.0 Å². The first-order chi connectivity index (χ1) is 28.4. The summed E-state index contributed by atoms with van der Waals surface area (Å²) in [5.41, 5.74) is 1.21. The van der Waals surface area contributed by atoms with E-state index in [0.29, 0.717) is 33.4 Å². The average molecular weight is 831 g/mol. The van der Waals surface area contributed by atoms with E-state index < -0.39 is 46.3 Å². The minimum absolute atomic E-state index is 0. The van der Waals surface area contributed by atoms with Crippen LogP contribution in [0.15, 0.2) is 92.2 Å². The monoisotopic (exact) mass is 830 g/mol. The van der Waals surface area contributed by atoms with E-state index in [1.165, 1.54) is 41.2 Å². The Morgan fingerprint density at radius 2 is 1.20 bits per heavy atom. The number of halogens is 2. The minimum Gasteiger partial charge on any atom is -0.382 e. The number of nitrogens with zero attached hydrogens (tertiary/aromatic N) is 6. The summed E-state index contributed by atoms with van der Waals surface area (Å²) in [6, 6.07) is 19.0. The smallest absolute Gasteiger partial charge is 0.329 e. The maximum absolute atomic E-state index is 13.6. The summed E-state index contributed by atoms with van der Waals surface area (Å²) in [6.07, 6.45) is 1.20. The lowest BCUT2D eigenvalue weighted by molar-refractivity contribution is 0.102. The molecule has 14 nitrogen and oxygen atoms in total. The van der Waals surface area contributed by atoms with Crippen LogP contribution < -0.4 is 22.5 Å². The summed E-state index contributed by atoms with van der Waals surface area (Å²) in [5.74, 6) is -2.65. The predicted octanol–water partition coefficient (Wildman–Crippen LogP) is 5.79. The molecule has 0 bridgehead atoms. The molecule has 314 valence electrons. The Hall–Kier alpha value is -7.43. The number of hydrogen-bond acceptors (Lipinski definition) is 10. The van der Waals surface area contributed by atoms with E-state index >= 15 is 0 Å². The van der Waals surface area contributed by atoms with E-state index in [0.717, 1.165) is 16.2 Å². The third-order valence-corrected chi connectivity index (χ3v) is 9.42. The van der Waals surface area contributed by atoms with Crippen molar-refractivity contribution in [1.29, 1.82) is 10.5 Å². The second-order valence-electron chi connectivity index (χ2n) is 14.7. The van der Waals surface area contributed by atoms with E-state index in [-0.39, 0.29) is 60.4 Å². The van der Waals surface area contributed by atoms with Gasteiger partial charge in [0.05, 0.1) is 42.0 Å². The molecule has 3 N–H and O–H groups in total. The van der Waals surface area contributed by atoms with Crippen molar-refractivity contribution in [3.05, 3.63) is 194 Å². The Labute approximate surface area is 349 Å². The molecule has 4 aromatic heterocycles. The molecule has 16 heteroatoms. The molecule has 0 saturated heterocycles. The molecule has 0 aliphatic carbocycles. The van der Waals surface area contributed by atoms with Crippen molar-refractivity contribution in [1.82, 2.24) is 29.1 Å². The molecule has 1 atom stereocenters. The van der Waals surface area contributed by atoms with Crippen LogP contribution in [0.1, 0.15) is 125 Å². The number of pyridine rings is 2. The molecule has 2 aromatic carbocycles. The van der Waals surface area contributed by atoms with E-state index in [1.807, 2.05) is 12.1 Å². The maximum Gasteiger partial charge on any atom is 0.329 e. The number of aromatic amines is 2. The molecular weight excluding hydrogens is 787 g/mol. The van der Waals surface area contributed by atoms with Crippen molar-refractivity contribution in [2.24, 2.45) is 0 Å². The first-order valence-electron chi connectivity index (χ1n) is 18.6. The maximum atomic E-state index is 13.6.